The zero-order valence-corrected chi connectivity index (χ0v) is 17.0. The highest BCUT2D eigenvalue weighted by Gasteiger charge is 2.34. The number of thiol groups is 3. The van der Waals surface area contributed by atoms with E-state index < -0.39 is 30.2 Å². The van der Waals surface area contributed by atoms with Crippen molar-refractivity contribution in [2.45, 2.75) is 38.5 Å². The summed E-state index contributed by atoms with van der Waals surface area (Å²) in [6.45, 7) is 1.54. The normalized spacial score (nSPS) is 18.3. The molecule has 0 amide bonds. The summed E-state index contributed by atoms with van der Waals surface area (Å²) in [5, 5.41) is 2.32. The van der Waals surface area contributed by atoms with Crippen molar-refractivity contribution in [2.75, 3.05) is 23.9 Å². The van der Waals surface area contributed by atoms with E-state index in [1.54, 1.807) is 6.92 Å². The molecule has 26 heavy (non-hydrogen) atoms. The molecule has 2 unspecified atom stereocenters. The third kappa shape index (κ3) is 8.06. The number of hydrogen-bond donors (Lipinski definition) is 3. The first-order valence-corrected chi connectivity index (χ1v) is 9.81. The molecule has 1 aliphatic rings. The fourth-order valence-electron chi connectivity index (χ4n) is 1.92. The maximum absolute atomic E-state index is 11.8. The van der Waals surface area contributed by atoms with Gasteiger partial charge in [-0.1, -0.05) is 5.06 Å². The van der Waals surface area contributed by atoms with Crippen LogP contribution in [0.3, 0.4) is 0 Å². The summed E-state index contributed by atoms with van der Waals surface area (Å²) in [7, 11) is 0. The number of carbonyl (C=O) groups excluding carboxylic acids is 3. The van der Waals surface area contributed by atoms with Crippen LogP contribution in [-0.4, -0.2) is 70.6 Å². The second kappa shape index (κ2) is 12.3. The van der Waals surface area contributed by atoms with Gasteiger partial charge in [0, 0.05) is 17.3 Å². The maximum atomic E-state index is 11.8. The monoisotopic (exact) mass is 425 g/mol. The molecule has 2 atom stereocenters. The first kappa shape index (κ1) is 22.9. The lowest BCUT2D eigenvalue weighted by Crippen LogP contribution is -2.52. The number of ether oxygens (including phenoxy) is 1. The Kier molecular flexibility index (Phi) is 10.9. The van der Waals surface area contributed by atoms with Crippen LogP contribution in [0.5, 0.6) is 0 Å². The summed E-state index contributed by atoms with van der Waals surface area (Å²) < 4.78 is 5.27. The van der Waals surface area contributed by atoms with E-state index in [4.69, 9.17) is 14.4 Å². The molecule has 0 saturated carbocycles. The second-order valence-electron chi connectivity index (χ2n) is 5.20. The lowest BCUT2D eigenvalue weighted by molar-refractivity contribution is -0.250. The van der Waals surface area contributed by atoms with Gasteiger partial charge < -0.3 is 14.4 Å². The largest absolute Gasteiger partial charge is 0.459 e. The summed E-state index contributed by atoms with van der Waals surface area (Å²) in [5.41, 5.74) is 0. The molecule has 0 bridgehead atoms. The SMILES string of the molecule is CC(OC(=O)CCS)C1N=CN(OC(=O)CCS)CN1OC(=O)CCS. The average molecular weight is 426 g/mol. The molecule has 0 spiro atoms. The van der Waals surface area contributed by atoms with Crippen LogP contribution < -0.4 is 0 Å². The lowest BCUT2D eigenvalue weighted by Gasteiger charge is -2.36. The van der Waals surface area contributed by atoms with Crippen LogP contribution in [0, 0.1) is 0 Å². The van der Waals surface area contributed by atoms with Gasteiger partial charge in [0.15, 0.2) is 6.17 Å². The molecular weight excluding hydrogens is 402 g/mol. The number of carbonyl (C=O) groups is 3. The maximum Gasteiger partial charge on any atom is 0.333 e. The van der Waals surface area contributed by atoms with E-state index in [2.05, 4.69) is 42.9 Å². The van der Waals surface area contributed by atoms with E-state index >= 15 is 0 Å². The third-order valence-corrected chi connectivity index (χ3v) is 3.72. The molecule has 0 N–H and O–H groups in total. The Morgan fingerprint density at radius 3 is 2.15 bits per heavy atom. The van der Waals surface area contributed by atoms with E-state index in [1.165, 1.54) is 11.4 Å². The van der Waals surface area contributed by atoms with Gasteiger partial charge in [-0.3, -0.25) is 9.59 Å². The smallest absolute Gasteiger partial charge is 0.333 e. The van der Waals surface area contributed by atoms with Crippen LogP contribution >= 0.6 is 37.9 Å². The number of hydroxylamine groups is 4. The second-order valence-corrected chi connectivity index (χ2v) is 6.54. The summed E-state index contributed by atoms with van der Waals surface area (Å²) in [4.78, 5) is 49.6. The van der Waals surface area contributed by atoms with Gasteiger partial charge in [-0.25, -0.2) is 9.79 Å². The van der Waals surface area contributed by atoms with Crippen LogP contribution in [0.4, 0.5) is 0 Å². The zero-order chi connectivity index (χ0) is 19.5. The molecule has 148 valence electrons. The summed E-state index contributed by atoms with van der Waals surface area (Å²) >= 11 is 11.9. The fourth-order valence-corrected chi connectivity index (χ4v) is 2.47. The highest BCUT2D eigenvalue weighted by molar-refractivity contribution is 7.80. The summed E-state index contributed by atoms with van der Waals surface area (Å²) in [5.74, 6) is -0.460. The molecule has 12 heteroatoms. The van der Waals surface area contributed by atoms with Crippen LogP contribution in [0.25, 0.3) is 0 Å². The Bertz CT molecular complexity index is 522. The van der Waals surface area contributed by atoms with Crippen molar-refractivity contribution in [1.29, 1.82) is 0 Å². The molecule has 0 aromatic carbocycles. The number of esters is 1. The van der Waals surface area contributed by atoms with Crippen molar-refractivity contribution in [3.63, 3.8) is 0 Å². The molecule has 0 fully saturated rings. The average Bonchev–Trinajstić information content (AvgIpc) is 2.55. The van der Waals surface area contributed by atoms with Crippen molar-refractivity contribution in [3.05, 3.63) is 0 Å². The first-order valence-electron chi connectivity index (χ1n) is 7.91. The van der Waals surface area contributed by atoms with Crippen LogP contribution in [0.2, 0.25) is 0 Å². The topological polar surface area (TPSA) is 97.7 Å². The molecule has 0 aromatic heterocycles. The molecule has 1 aliphatic heterocycles. The van der Waals surface area contributed by atoms with E-state index in [0.717, 1.165) is 5.06 Å². The highest BCUT2D eigenvalue weighted by Crippen LogP contribution is 2.17. The molecule has 0 aromatic rings. The number of rotatable bonds is 10. The van der Waals surface area contributed by atoms with Gasteiger partial charge in [-0.05, 0) is 6.92 Å². The van der Waals surface area contributed by atoms with Gasteiger partial charge in [0.1, 0.15) is 19.1 Å². The van der Waals surface area contributed by atoms with E-state index in [1.807, 2.05) is 0 Å². The third-order valence-electron chi connectivity index (χ3n) is 3.05. The van der Waals surface area contributed by atoms with Crippen molar-refractivity contribution < 1.29 is 28.8 Å². The van der Waals surface area contributed by atoms with Gasteiger partial charge in [0.05, 0.1) is 19.3 Å². The Balaban J connectivity index is 2.81. The molecule has 0 aliphatic carbocycles. The quantitative estimate of drug-likeness (QED) is 0.348. The van der Waals surface area contributed by atoms with Crippen molar-refractivity contribution in [1.82, 2.24) is 10.1 Å². The van der Waals surface area contributed by atoms with Crippen LogP contribution in [-0.2, 0) is 28.8 Å². The molecule has 1 heterocycles. The van der Waals surface area contributed by atoms with Crippen molar-refractivity contribution in [3.8, 4) is 0 Å². The van der Waals surface area contributed by atoms with Crippen LogP contribution in [0.1, 0.15) is 26.2 Å². The summed E-state index contributed by atoms with van der Waals surface area (Å²) in [6, 6.07) is 0. The molecule has 0 saturated heterocycles. The highest BCUT2D eigenvalue weighted by atomic mass is 32.1. The Labute approximate surface area is 168 Å². The Morgan fingerprint density at radius 1 is 1.04 bits per heavy atom. The number of nitrogens with zero attached hydrogens (tertiary/aromatic N) is 3. The standard InChI is InChI=1S/C14H23N3O6S3/c1-10(21-11(18)2-5-24)14-15-8-16(22-12(19)3-6-25)9-17(14)23-13(20)4-7-26/h8,10,14,24-26H,2-7,9H2,1H3. The van der Waals surface area contributed by atoms with E-state index in [0.29, 0.717) is 17.3 Å². The van der Waals surface area contributed by atoms with Crippen molar-refractivity contribution >= 4 is 62.1 Å². The van der Waals surface area contributed by atoms with Gasteiger partial charge >= 0.3 is 17.9 Å². The minimum atomic E-state index is -0.775. The fraction of sp³-hybridized carbons (Fsp3) is 0.714. The van der Waals surface area contributed by atoms with Gasteiger partial charge in [-0.15, -0.1) is 0 Å². The minimum Gasteiger partial charge on any atom is -0.459 e. The predicted octanol–water partition coefficient (Wildman–Crippen LogP) is 0.724. The molecule has 0 radical (unpaired) electrons. The predicted molar refractivity (Wildman–Crippen MR) is 104 cm³/mol. The molecule has 9 nitrogen and oxygen atoms in total. The Morgan fingerprint density at radius 2 is 1.58 bits per heavy atom. The summed E-state index contributed by atoms with van der Waals surface area (Å²) in [6.07, 6.45) is 0.168. The van der Waals surface area contributed by atoms with Crippen LogP contribution in [0.15, 0.2) is 4.99 Å². The van der Waals surface area contributed by atoms with Gasteiger partial charge in [0.2, 0.25) is 0 Å². The van der Waals surface area contributed by atoms with Gasteiger partial charge in [0.25, 0.3) is 0 Å². The van der Waals surface area contributed by atoms with E-state index in [-0.39, 0.29) is 25.9 Å². The zero-order valence-electron chi connectivity index (χ0n) is 14.3. The van der Waals surface area contributed by atoms with Crippen molar-refractivity contribution in [2.24, 2.45) is 4.99 Å². The van der Waals surface area contributed by atoms with E-state index in [9.17, 15) is 14.4 Å². The first-order chi connectivity index (χ1) is 12.4. The van der Waals surface area contributed by atoms with Gasteiger partial charge in [-0.2, -0.15) is 42.9 Å². The number of hydrogen-bond acceptors (Lipinski definition) is 12. The number of aliphatic imine (C=N–C) groups is 1. The molecule has 1 rings (SSSR count). The Hall–Kier alpha value is -1.11. The minimum absolute atomic E-state index is 0.0841. The molecular formula is C14H23N3O6S3. The lowest BCUT2D eigenvalue weighted by atomic mass is 10.3.